The number of hydrogen-bond donors (Lipinski definition) is 1. The molecule has 0 amide bonds. The van der Waals surface area contributed by atoms with Gasteiger partial charge in [-0.2, -0.15) is 0 Å². The van der Waals surface area contributed by atoms with Crippen molar-refractivity contribution in [3.8, 4) is 0 Å². The summed E-state index contributed by atoms with van der Waals surface area (Å²) in [4.78, 5) is 10.8. The van der Waals surface area contributed by atoms with Crippen LogP contribution in [0.25, 0.3) is 0 Å². The first-order valence-electron chi connectivity index (χ1n) is 5.80. The molecule has 7 heteroatoms. The quantitative estimate of drug-likeness (QED) is 0.918. The molecule has 2 aromatic rings. The molecule has 0 aliphatic rings. The Balaban J connectivity index is 2.43. The Hall–Kier alpha value is -1.56. The van der Waals surface area contributed by atoms with E-state index < -0.39 is 15.8 Å². The number of sulfone groups is 1. The van der Waals surface area contributed by atoms with Gasteiger partial charge in [0, 0.05) is 0 Å². The predicted molar refractivity (Wildman–Crippen MR) is 80.8 cm³/mol. The molecule has 0 bridgehead atoms. The average molecular weight is 345 g/mol. The normalized spacial score (nSPS) is 11.3. The molecule has 21 heavy (non-hydrogen) atoms. The molecule has 0 fully saturated rings. The van der Waals surface area contributed by atoms with E-state index in [4.69, 9.17) is 28.3 Å². The van der Waals surface area contributed by atoms with Crippen molar-refractivity contribution in [2.75, 3.05) is 0 Å². The molecule has 0 aliphatic carbocycles. The van der Waals surface area contributed by atoms with E-state index in [1.807, 2.05) is 0 Å². The molecule has 2 rings (SSSR count). The van der Waals surface area contributed by atoms with Crippen molar-refractivity contribution in [1.29, 1.82) is 0 Å². The third-order valence-electron chi connectivity index (χ3n) is 2.76. The number of rotatable bonds is 4. The number of carboxylic acids is 1. The van der Waals surface area contributed by atoms with Crippen LogP contribution in [0.5, 0.6) is 0 Å². The first kappa shape index (κ1) is 15.8. The highest BCUT2D eigenvalue weighted by Crippen LogP contribution is 2.31. The lowest BCUT2D eigenvalue weighted by Crippen LogP contribution is -2.07. The molecule has 0 saturated carbocycles. The third-order valence-corrected chi connectivity index (χ3v) is 5.39. The van der Waals surface area contributed by atoms with Crippen molar-refractivity contribution in [3.63, 3.8) is 0 Å². The minimum absolute atomic E-state index is 0.0213. The van der Waals surface area contributed by atoms with Gasteiger partial charge in [0.1, 0.15) is 4.90 Å². The standard InChI is InChI=1S/C14H10Cl2O4S/c15-11-5-2-6-12(16)13(11)21(19,20)8-9-3-1-4-10(7-9)14(17)18/h1-7H,8H2,(H,17,18). The molecule has 0 radical (unpaired) electrons. The molecule has 0 heterocycles. The lowest BCUT2D eigenvalue weighted by molar-refractivity contribution is 0.0696. The summed E-state index contributed by atoms with van der Waals surface area (Å²) in [5.41, 5.74) is 0.374. The zero-order valence-electron chi connectivity index (χ0n) is 10.6. The number of benzene rings is 2. The second kappa shape index (κ2) is 6.05. The smallest absolute Gasteiger partial charge is 0.335 e. The topological polar surface area (TPSA) is 71.4 Å². The fourth-order valence-corrected chi connectivity index (χ4v) is 4.46. The number of halogens is 2. The minimum atomic E-state index is -3.77. The van der Waals surface area contributed by atoms with E-state index in [0.29, 0.717) is 5.56 Å². The van der Waals surface area contributed by atoms with Crippen LogP contribution in [0.4, 0.5) is 0 Å². The fourth-order valence-electron chi connectivity index (χ4n) is 1.87. The molecule has 110 valence electrons. The second-order valence-corrected chi connectivity index (χ2v) is 7.06. The Morgan fingerprint density at radius 2 is 1.62 bits per heavy atom. The molecule has 0 unspecified atom stereocenters. The van der Waals surface area contributed by atoms with Gasteiger partial charge in [-0.05, 0) is 29.8 Å². The van der Waals surface area contributed by atoms with Gasteiger partial charge in [-0.25, -0.2) is 13.2 Å². The number of hydrogen-bond acceptors (Lipinski definition) is 3. The maximum atomic E-state index is 12.4. The predicted octanol–water partition coefficient (Wildman–Crippen LogP) is 3.67. The van der Waals surface area contributed by atoms with Crippen LogP contribution < -0.4 is 0 Å². The summed E-state index contributed by atoms with van der Waals surface area (Å²) in [5, 5.41) is 9.00. The van der Waals surface area contributed by atoms with Crippen molar-refractivity contribution in [1.82, 2.24) is 0 Å². The van der Waals surface area contributed by atoms with E-state index in [0.717, 1.165) is 0 Å². The highest BCUT2D eigenvalue weighted by atomic mass is 35.5. The third kappa shape index (κ3) is 3.56. The van der Waals surface area contributed by atoms with Crippen LogP contribution in [-0.2, 0) is 15.6 Å². The molecule has 4 nitrogen and oxygen atoms in total. The van der Waals surface area contributed by atoms with Crippen LogP contribution in [0.15, 0.2) is 47.4 Å². The average Bonchev–Trinajstić information content (AvgIpc) is 2.37. The fraction of sp³-hybridized carbons (Fsp3) is 0.0714. The monoisotopic (exact) mass is 344 g/mol. The number of carboxylic acid groups (broad SMARTS) is 1. The largest absolute Gasteiger partial charge is 0.478 e. The Morgan fingerprint density at radius 1 is 1.05 bits per heavy atom. The molecule has 2 aromatic carbocycles. The first-order chi connectivity index (χ1) is 9.81. The summed E-state index contributed by atoms with van der Waals surface area (Å²) in [6.07, 6.45) is 0. The van der Waals surface area contributed by atoms with Gasteiger partial charge in [-0.15, -0.1) is 0 Å². The van der Waals surface area contributed by atoms with Gasteiger partial charge in [0.15, 0.2) is 9.84 Å². The van der Waals surface area contributed by atoms with Crippen molar-refractivity contribution >= 4 is 39.0 Å². The lowest BCUT2D eigenvalue weighted by atomic mass is 10.1. The van der Waals surface area contributed by atoms with Gasteiger partial charge in [-0.3, -0.25) is 0 Å². The van der Waals surface area contributed by atoms with Gasteiger partial charge in [0.05, 0.1) is 21.4 Å². The summed E-state index contributed by atoms with van der Waals surface area (Å²) >= 11 is 11.8. The molecule has 0 spiro atoms. The summed E-state index contributed by atoms with van der Waals surface area (Å²) in [7, 11) is -3.77. The van der Waals surface area contributed by atoms with E-state index in [2.05, 4.69) is 0 Å². The zero-order chi connectivity index (χ0) is 15.6. The van der Waals surface area contributed by atoms with Gasteiger partial charge >= 0.3 is 5.97 Å². The van der Waals surface area contributed by atoms with Crippen molar-refractivity contribution in [2.45, 2.75) is 10.6 Å². The summed E-state index contributed by atoms with van der Waals surface area (Å²) in [5.74, 6) is -1.50. The molecule has 0 aliphatic heterocycles. The Bertz CT molecular complexity index is 780. The number of carbonyl (C=O) groups is 1. The summed E-state index contributed by atoms with van der Waals surface area (Å²) in [6.45, 7) is 0. The van der Waals surface area contributed by atoms with Gasteiger partial charge < -0.3 is 5.11 Å². The van der Waals surface area contributed by atoms with Gasteiger partial charge in [0.2, 0.25) is 0 Å². The van der Waals surface area contributed by atoms with Crippen molar-refractivity contribution in [3.05, 3.63) is 63.6 Å². The van der Waals surface area contributed by atoms with E-state index in [1.54, 1.807) is 6.07 Å². The van der Waals surface area contributed by atoms with E-state index >= 15 is 0 Å². The first-order valence-corrected chi connectivity index (χ1v) is 8.21. The van der Waals surface area contributed by atoms with E-state index in [1.165, 1.54) is 36.4 Å². The Labute approximate surface area is 131 Å². The molecule has 0 aromatic heterocycles. The lowest BCUT2D eigenvalue weighted by Gasteiger charge is -2.09. The van der Waals surface area contributed by atoms with Crippen LogP contribution in [0.1, 0.15) is 15.9 Å². The van der Waals surface area contributed by atoms with Crippen molar-refractivity contribution < 1.29 is 18.3 Å². The number of aromatic carboxylic acids is 1. The maximum absolute atomic E-state index is 12.4. The van der Waals surface area contributed by atoms with Crippen LogP contribution in [0, 0.1) is 0 Å². The van der Waals surface area contributed by atoms with Gasteiger partial charge in [0.25, 0.3) is 0 Å². The van der Waals surface area contributed by atoms with Gasteiger partial charge in [-0.1, -0.05) is 41.4 Å². The molecule has 0 saturated heterocycles. The van der Waals surface area contributed by atoms with Crippen LogP contribution >= 0.6 is 23.2 Å². The molecular formula is C14H10Cl2O4S. The Kier molecular flexibility index (Phi) is 4.56. The summed E-state index contributed by atoms with van der Waals surface area (Å²) < 4.78 is 24.8. The minimum Gasteiger partial charge on any atom is -0.478 e. The SMILES string of the molecule is O=C(O)c1cccc(CS(=O)(=O)c2c(Cl)cccc2Cl)c1. The highest BCUT2D eigenvalue weighted by molar-refractivity contribution is 7.90. The van der Waals surface area contributed by atoms with E-state index in [-0.39, 0.29) is 26.3 Å². The maximum Gasteiger partial charge on any atom is 0.335 e. The second-order valence-electron chi connectivity index (χ2n) is 4.32. The summed E-state index contributed by atoms with van der Waals surface area (Å²) in [6, 6.07) is 10.2. The van der Waals surface area contributed by atoms with Crippen LogP contribution in [0.3, 0.4) is 0 Å². The zero-order valence-corrected chi connectivity index (χ0v) is 12.9. The Morgan fingerprint density at radius 3 is 2.19 bits per heavy atom. The highest BCUT2D eigenvalue weighted by Gasteiger charge is 2.22. The molecule has 0 atom stereocenters. The van der Waals surface area contributed by atoms with Crippen molar-refractivity contribution in [2.24, 2.45) is 0 Å². The van der Waals surface area contributed by atoms with Crippen LogP contribution in [0.2, 0.25) is 10.0 Å². The molecular weight excluding hydrogens is 335 g/mol. The van der Waals surface area contributed by atoms with Crippen LogP contribution in [-0.4, -0.2) is 19.5 Å². The van der Waals surface area contributed by atoms with E-state index in [9.17, 15) is 13.2 Å². The molecule has 1 N–H and O–H groups in total.